The minimum Gasteiger partial charge on any atom is -0.497 e. The number of nitrogens with zero attached hydrogens (tertiary/aromatic N) is 1. The maximum absolute atomic E-state index is 5.46. The smallest absolute Gasteiger partial charge is 0.127 e. The number of benzene rings is 1. The van der Waals surface area contributed by atoms with Gasteiger partial charge in [-0.3, -0.25) is 4.90 Å². The Bertz CT molecular complexity index is 409. The Morgan fingerprint density at radius 3 is 2.84 bits per heavy atom. The number of hydrogen-bond donors (Lipinski definition) is 1. The molecule has 0 amide bonds. The largest absolute Gasteiger partial charge is 0.497 e. The van der Waals surface area contributed by atoms with Crippen molar-refractivity contribution in [2.75, 3.05) is 34.4 Å². The fraction of sp³-hybridized carbons (Fsp3) is 0.600. The zero-order chi connectivity index (χ0) is 13.7. The van der Waals surface area contributed by atoms with Gasteiger partial charge in [-0.2, -0.15) is 0 Å². The number of ether oxygens (including phenoxy) is 2. The van der Waals surface area contributed by atoms with Gasteiger partial charge in [0.15, 0.2) is 0 Å². The summed E-state index contributed by atoms with van der Waals surface area (Å²) in [5.41, 5.74) is 1.22. The van der Waals surface area contributed by atoms with E-state index in [4.69, 9.17) is 9.47 Å². The number of methoxy groups -OCH3 is 2. The highest BCUT2D eigenvalue weighted by molar-refractivity contribution is 5.40. The van der Waals surface area contributed by atoms with Crippen molar-refractivity contribution >= 4 is 0 Å². The second kappa shape index (κ2) is 6.78. The van der Waals surface area contributed by atoms with Gasteiger partial charge >= 0.3 is 0 Å². The molecule has 0 unspecified atom stereocenters. The number of hydrogen-bond acceptors (Lipinski definition) is 4. The normalized spacial score (nSPS) is 20.3. The summed E-state index contributed by atoms with van der Waals surface area (Å²) in [6.45, 7) is 3.20. The van der Waals surface area contributed by atoms with Crippen LogP contribution in [0.3, 0.4) is 0 Å². The predicted octanol–water partition coefficient (Wildman–Crippen LogP) is 1.89. The Morgan fingerprint density at radius 2 is 2.16 bits per heavy atom. The van der Waals surface area contributed by atoms with Crippen molar-refractivity contribution in [1.29, 1.82) is 0 Å². The Labute approximate surface area is 115 Å². The van der Waals surface area contributed by atoms with Crippen molar-refractivity contribution < 1.29 is 9.47 Å². The molecule has 1 aliphatic heterocycles. The fourth-order valence-corrected chi connectivity index (χ4v) is 2.66. The first-order chi connectivity index (χ1) is 9.26. The first-order valence-electron chi connectivity index (χ1n) is 6.87. The van der Waals surface area contributed by atoms with E-state index in [1.807, 2.05) is 19.2 Å². The molecule has 4 nitrogen and oxygen atoms in total. The summed E-state index contributed by atoms with van der Waals surface area (Å²) in [4.78, 5) is 2.48. The maximum atomic E-state index is 5.46. The molecule has 0 bridgehead atoms. The molecule has 106 valence electrons. The molecular formula is C15H24N2O2. The lowest BCUT2D eigenvalue weighted by atomic mass is 10.0. The lowest BCUT2D eigenvalue weighted by Gasteiger charge is -2.32. The summed E-state index contributed by atoms with van der Waals surface area (Å²) >= 11 is 0. The van der Waals surface area contributed by atoms with E-state index in [1.165, 1.54) is 18.4 Å². The molecule has 1 aliphatic rings. The average molecular weight is 264 g/mol. The summed E-state index contributed by atoms with van der Waals surface area (Å²) in [6.07, 6.45) is 2.52. The van der Waals surface area contributed by atoms with Gasteiger partial charge in [-0.1, -0.05) is 6.07 Å². The highest BCUT2D eigenvalue weighted by Crippen LogP contribution is 2.26. The molecule has 1 aromatic carbocycles. The fourth-order valence-electron chi connectivity index (χ4n) is 2.66. The summed E-state index contributed by atoms with van der Waals surface area (Å²) < 4.78 is 10.7. The van der Waals surface area contributed by atoms with Gasteiger partial charge in [-0.15, -0.1) is 0 Å². The molecule has 0 saturated carbocycles. The highest BCUT2D eigenvalue weighted by atomic mass is 16.5. The van der Waals surface area contributed by atoms with Crippen molar-refractivity contribution in [3.63, 3.8) is 0 Å². The van der Waals surface area contributed by atoms with Gasteiger partial charge < -0.3 is 14.8 Å². The van der Waals surface area contributed by atoms with Gasteiger partial charge in [0.05, 0.1) is 14.2 Å². The number of likely N-dealkylation sites (N-methyl/N-ethyl adjacent to an activating group) is 1. The summed E-state index contributed by atoms with van der Waals surface area (Å²) in [7, 11) is 5.43. The first-order valence-corrected chi connectivity index (χ1v) is 6.87. The molecule has 1 fully saturated rings. The van der Waals surface area contributed by atoms with Crippen LogP contribution in [0.25, 0.3) is 0 Å². The Balaban J connectivity index is 2.05. The van der Waals surface area contributed by atoms with Crippen molar-refractivity contribution in [3.8, 4) is 11.5 Å². The third-order valence-electron chi connectivity index (χ3n) is 3.80. The van der Waals surface area contributed by atoms with E-state index in [9.17, 15) is 0 Å². The molecule has 2 rings (SSSR count). The minimum atomic E-state index is 0.609. The van der Waals surface area contributed by atoms with Gasteiger partial charge in [-0.05, 0) is 32.5 Å². The molecule has 0 spiro atoms. The molecule has 19 heavy (non-hydrogen) atoms. The van der Waals surface area contributed by atoms with Crippen LogP contribution in [0.1, 0.15) is 18.4 Å². The predicted molar refractivity (Wildman–Crippen MR) is 76.9 cm³/mol. The van der Waals surface area contributed by atoms with E-state index in [0.29, 0.717) is 6.04 Å². The maximum Gasteiger partial charge on any atom is 0.127 e. The van der Waals surface area contributed by atoms with E-state index >= 15 is 0 Å². The van der Waals surface area contributed by atoms with Gasteiger partial charge in [0, 0.05) is 30.8 Å². The SMILES string of the molecule is CN[C@H]1CCCN(Cc2ccc(OC)cc2OC)C1. The molecule has 0 aromatic heterocycles. The summed E-state index contributed by atoms with van der Waals surface area (Å²) in [6, 6.07) is 6.66. The van der Waals surface area contributed by atoms with Gasteiger partial charge in [-0.25, -0.2) is 0 Å². The van der Waals surface area contributed by atoms with Crippen molar-refractivity contribution in [2.45, 2.75) is 25.4 Å². The van der Waals surface area contributed by atoms with Crippen molar-refractivity contribution in [2.24, 2.45) is 0 Å². The standard InChI is InChI=1S/C15H24N2O2/c1-16-13-5-4-8-17(11-13)10-12-6-7-14(18-2)9-15(12)19-3/h6-7,9,13,16H,4-5,8,10-11H2,1-3H3/t13-/m0/s1. The average Bonchev–Trinajstić information content (AvgIpc) is 2.48. The molecule has 0 aliphatic carbocycles. The lowest BCUT2D eigenvalue weighted by molar-refractivity contribution is 0.186. The van der Waals surface area contributed by atoms with Crippen LogP contribution in [0.5, 0.6) is 11.5 Å². The number of nitrogens with one attached hydrogen (secondary N) is 1. The summed E-state index contributed by atoms with van der Waals surface area (Å²) in [5, 5.41) is 3.37. The van der Waals surface area contributed by atoms with Gasteiger partial charge in [0.25, 0.3) is 0 Å². The van der Waals surface area contributed by atoms with Gasteiger partial charge in [0.1, 0.15) is 11.5 Å². The van der Waals surface area contributed by atoms with Crippen LogP contribution < -0.4 is 14.8 Å². The molecule has 0 radical (unpaired) electrons. The second-order valence-electron chi connectivity index (χ2n) is 5.04. The van der Waals surface area contributed by atoms with Crippen LogP contribution in [0.2, 0.25) is 0 Å². The van der Waals surface area contributed by atoms with Crippen LogP contribution in [-0.4, -0.2) is 45.3 Å². The van der Waals surface area contributed by atoms with Crippen LogP contribution in [-0.2, 0) is 6.54 Å². The van der Waals surface area contributed by atoms with E-state index in [-0.39, 0.29) is 0 Å². The Morgan fingerprint density at radius 1 is 1.32 bits per heavy atom. The second-order valence-corrected chi connectivity index (χ2v) is 5.04. The number of piperidine rings is 1. The van der Waals surface area contributed by atoms with Crippen LogP contribution in [0, 0.1) is 0 Å². The van der Waals surface area contributed by atoms with E-state index < -0.39 is 0 Å². The molecule has 4 heteroatoms. The third kappa shape index (κ3) is 3.61. The molecule has 1 atom stereocenters. The number of rotatable bonds is 5. The topological polar surface area (TPSA) is 33.7 Å². The monoisotopic (exact) mass is 264 g/mol. The van der Waals surface area contributed by atoms with Crippen LogP contribution >= 0.6 is 0 Å². The van der Waals surface area contributed by atoms with E-state index in [0.717, 1.165) is 31.1 Å². The van der Waals surface area contributed by atoms with Crippen molar-refractivity contribution in [3.05, 3.63) is 23.8 Å². The quantitative estimate of drug-likeness (QED) is 0.880. The Kier molecular flexibility index (Phi) is 5.05. The van der Waals surface area contributed by atoms with E-state index in [1.54, 1.807) is 14.2 Å². The molecule has 1 saturated heterocycles. The zero-order valence-corrected chi connectivity index (χ0v) is 12.1. The molecular weight excluding hydrogens is 240 g/mol. The number of likely N-dealkylation sites (tertiary alicyclic amines) is 1. The van der Waals surface area contributed by atoms with Crippen molar-refractivity contribution in [1.82, 2.24) is 10.2 Å². The zero-order valence-electron chi connectivity index (χ0n) is 12.1. The minimum absolute atomic E-state index is 0.609. The van der Waals surface area contributed by atoms with Gasteiger partial charge in [0.2, 0.25) is 0 Å². The molecule has 1 N–H and O–H groups in total. The lowest BCUT2D eigenvalue weighted by Crippen LogP contribution is -2.43. The first kappa shape index (κ1) is 14.2. The highest BCUT2D eigenvalue weighted by Gasteiger charge is 2.19. The third-order valence-corrected chi connectivity index (χ3v) is 3.80. The van der Waals surface area contributed by atoms with E-state index in [2.05, 4.69) is 16.3 Å². The Hall–Kier alpha value is -1.26. The van der Waals surface area contributed by atoms with Crippen LogP contribution in [0.15, 0.2) is 18.2 Å². The summed E-state index contributed by atoms with van der Waals surface area (Å²) in [5.74, 6) is 1.75. The molecule has 1 heterocycles. The van der Waals surface area contributed by atoms with Crippen LogP contribution in [0.4, 0.5) is 0 Å². The molecule has 1 aromatic rings.